The number of thiazole rings is 1. The average molecular weight is 314 g/mol. The van der Waals surface area contributed by atoms with Gasteiger partial charge in [0, 0.05) is 16.9 Å². The van der Waals surface area contributed by atoms with E-state index in [1.165, 1.54) is 22.5 Å². The van der Waals surface area contributed by atoms with Crippen molar-refractivity contribution in [3.8, 4) is 11.3 Å². The first-order valence-corrected chi connectivity index (χ1v) is 8.06. The maximum atomic E-state index is 11.8. The number of aromatic nitrogens is 3. The highest BCUT2D eigenvalue weighted by Crippen LogP contribution is 2.28. The summed E-state index contributed by atoms with van der Waals surface area (Å²) in [6, 6.07) is 6.33. The number of hydrogen-bond donors (Lipinski definition) is 1. The van der Waals surface area contributed by atoms with Crippen LogP contribution in [0.25, 0.3) is 16.2 Å². The Kier molecular flexibility index (Phi) is 3.70. The fourth-order valence-electron chi connectivity index (χ4n) is 2.28. The van der Waals surface area contributed by atoms with Gasteiger partial charge in [0.15, 0.2) is 0 Å². The van der Waals surface area contributed by atoms with Gasteiger partial charge < -0.3 is 0 Å². The zero-order valence-corrected chi connectivity index (χ0v) is 13.9. The van der Waals surface area contributed by atoms with E-state index in [-0.39, 0.29) is 11.8 Å². The molecule has 2 heterocycles. The Hall–Kier alpha value is -2.21. The minimum Gasteiger partial charge on any atom is -0.293 e. The molecule has 1 amide bonds. The van der Waals surface area contributed by atoms with Crippen molar-refractivity contribution >= 4 is 28.2 Å². The predicted octanol–water partition coefficient (Wildman–Crippen LogP) is 3.67. The highest BCUT2D eigenvalue weighted by Gasteiger charge is 2.15. The molecule has 0 saturated carbocycles. The topological polar surface area (TPSA) is 59.3 Å². The number of carbonyl (C=O) groups excluding carboxylic acids is 1. The van der Waals surface area contributed by atoms with Gasteiger partial charge in [0.25, 0.3) is 0 Å². The number of carbonyl (C=O) groups is 1. The molecule has 0 bridgehead atoms. The molecule has 1 aromatic carbocycles. The molecule has 0 atom stereocenters. The third-order valence-corrected chi connectivity index (χ3v) is 4.32. The van der Waals surface area contributed by atoms with Crippen LogP contribution in [0.5, 0.6) is 0 Å². The molecule has 0 radical (unpaired) electrons. The summed E-state index contributed by atoms with van der Waals surface area (Å²) < 4.78 is 1.79. The first-order chi connectivity index (χ1) is 10.5. The summed E-state index contributed by atoms with van der Waals surface area (Å²) in [5.74, 6) is 0.184. The molecular formula is C16H18N4OS. The third-order valence-electron chi connectivity index (χ3n) is 3.50. The molecule has 1 N–H and O–H groups in total. The van der Waals surface area contributed by atoms with Crippen molar-refractivity contribution < 1.29 is 4.79 Å². The molecule has 114 valence electrons. The van der Waals surface area contributed by atoms with Gasteiger partial charge in [0.2, 0.25) is 16.8 Å². The van der Waals surface area contributed by atoms with Crippen molar-refractivity contribution in [2.24, 2.45) is 5.92 Å². The Bertz CT molecular complexity index is 847. The first-order valence-electron chi connectivity index (χ1n) is 7.18. The number of hydrogen-bond acceptors (Lipinski definition) is 4. The van der Waals surface area contributed by atoms with E-state index < -0.39 is 0 Å². The van der Waals surface area contributed by atoms with Crippen LogP contribution in [0.3, 0.4) is 0 Å². The maximum Gasteiger partial charge on any atom is 0.250 e. The monoisotopic (exact) mass is 314 g/mol. The van der Waals surface area contributed by atoms with Crippen molar-refractivity contribution in [1.82, 2.24) is 14.6 Å². The van der Waals surface area contributed by atoms with Crippen LogP contribution >= 0.6 is 11.3 Å². The smallest absolute Gasteiger partial charge is 0.250 e. The van der Waals surface area contributed by atoms with Gasteiger partial charge in [-0.25, -0.2) is 4.52 Å². The summed E-state index contributed by atoms with van der Waals surface area (Å²) in [4.78, 5) is 16.9. The summed E-state index contributed by atoms with van der Waals surface area (Å²) in [6.07, 6.45) is 0. The highest BCUT2D eigenvalue weighted by molar-refractivity contribution is 7.15. The Morgan fingerprint density at radius 3 is 2.77 bits per heavy atom. The number of anilines is 1. The molecule has 0 saturated heterocycles. The van der Waals surface area contributed by atoms with Crippen LogP contribution in [-0.2, 0) is 4.79 Å². The number of nitrogens with zero attached hydrogens (tertiary/aromatic N) is 3. The summed E-state index contributed by atoms with van der Waals surface area (Å²) in [6.45, 7) is 7.85. The van der Waals surface area contributed by atoms with Crippen LogP contribution in [0.2, 0.25) is 0 Å². The van der Waals surface area contributed by atoms with Gasteiger partial charge in [-0.2, -0.15) is 4.98 Å². The molecule has 3 rings (SSSR count). The van der Waals surface area contributed by atoms with Gasteiger partial charge >= 0.3 is 0 Å². The highest BCUT2D eigenvalue weighted by atomic mass is 32.1. The van der Waals surface area contributed by atoms with Crippen LogP contribution in [0.1, 0.15) is 25.0 Å². The maximum absolute atomic E-state index is 11.8. The lowest BCUT2D eigenvalue weighted by atomic mass is 10.0. The number of rotatable bonds is 3. The van der Waals surface area contributed by atoms with Gasteiger partial charge in [-0.3, -0.25) is 10.1 Å². The van der Waals surface area contributed by atoms with E-state index in [0.717, 1.165) is 16.2 Å². The van der Waals surface area contributed by atoms with E-state index in [1.54, 1.807) is 4.52 Å². The van der Waals surface area contributed by atoms with Gasteiger partial charge in [-0.1, -0.05) is 37.6 Å². The lowest BCUT2D eigenvalue weighted by Gasteiger charge is -2.05. The van der Waals surface area contributed by atoms with Crippen LogP contribution in [0.4, 0.5) is 5.95 Å². The first kappa shape index (κ1) is 14.7. The fraction of sp³-hybridized carbons (Fsp3) is 0.312. The van der Waals surface area contributed by atoms with Crippen LogP contribution in [0, 0.1) is 19.8 Å². The molecule has 22 heavy (non-hydrogen) atoms. The number of amides is 1. The molecule has 0 aliphatic heterocycles. The second kappa shape index (κ2) is 5.53. The molecule has 5 nitrogen and oxygen atoms in total. The number of nitrogens with one attached hydrogen (secondary N) is 1. The zero-order chi connectivity index (χ0) is 15.9. The van der Waals surface area contributed by atoms with Crippen molar-refractivity contribution in [3.05, 3.63) is 34.7 Å². The Labute approximate surface area is 133 Å². The molecule has 0 aliphatic carbocycles. The number of aryl methyl sites for hydroxylation is 2. The van der Waals surface area contributed by atoms with Crippen LogP contribution in [0.15, 0.2) is 23.6 Å². The van der Waals surface area contributed by atoms with E-state index in [1.807, 2.05) is 19.2 Å². The molecule has 2 aromatic heterocycles. The van der Waals surface area contributed by atoms with Gasteiger partial charge in [0.05, 0.1) is 5.69 Å². The summed E-state index contributed by atoms with van der Waals surface area (Å²) in [5, 5.41) is 9.21. The molecule has 0 fully saturated rings. The number of benzene rings is 1. The standard InChI is InChI=1S/C16H18N4OS/c1-9(2)14(21)17-15-18-16-20(19-15)13(8-22-16)12-6-5-10(3)7-11(12)4/h5-9H,1-4H3,(H,17,19,21). The van der Waals surface area contributed by atoms with Crippen LogP contribution < -0.4 is 5.32 Å². The quantitative estimate of drug-likeness (QED) is 0.802. The summed E-state index contributed by atoms with van der Waals surface area (Å²) >= 11 is 1.52. The third kappa shape index (κ3) is 2.62. The van der Waals surface area contributed by atoms with Crippen molar-refractivity contribution in [1.29, 1.82) is 0 Å². The van der Waals surface area contributed by atoms with Crippen molar-refractivity contribution in [2.45, 2.75) is 27.7 Å². The van der Waals surface area contributed by atoms with Gasteiger partial charge in [-0.05, 0) is 19.4 Å². The average Bonchev–Trinajstić information content (AvgIpc) is 2.99. The molecule has 6 heteroatoms. The van der Waals surface area contributed by atoms with E-state index in [2.05, 4.69) is 47.4 Å². The lowest BCUT2D eigenvalue weighted by Crippen LogP contribution is -2.18. The molecule has 0 spiro atoms. The van der Waals surface area contributed by atoms with Gasteiger partial charge in [-0.15, -0.1) is 16.4 Å². The predicted molar refractivity (Wildman–Crippen MR) is 89.2 cm³/mol. The van der Waals surface area contributed by atoms with Crippen molar-refractivity contribution in [3.63, 3.8) is 0 Å². The number of fused-ring (bicyclic) bond motifs is 1. The Morgan fingerprint density at radius 1 is 1.32 bits per heavy atom. The summed E-state index contributed by atoms with van der Waals surface area (Å²) in [7, 11) is 0. The lowest BCUT2D eigenvalue weighted by molar-refractivity contribution is -0.118. The van der Waals surface area contributed by atoms with E-state index in [4.69, 9.17) is 0 Å². The van der Waals surface area contributed by atoms with E-state index >= 15 is 0 Å². The SMILES string of the molecule is Cc1ccc(-c2csc3nc(NC(=O)C(C)C)nn23)c(C)c1. The van der Waals surface area contributed by atoms with Crippen molar-refractivity contribution in [2.75, 3.05) is 5.32 Å². The molecule has 0 aliphatic rings. The zero-order valence-electron chi connectivity index (χ0n) is 13.0. The second-order valence-electron chi connectivity index (χ2n) is 5.71. The Balaban J connectivity index is 2.01. The largest absolute Gasteiger partial charge is 0.293 e. The van der Waals surface area contributed by atoms with Crippen LogP contribution in [-0.4, -0.2) is 20.5 Å². The van der Waals surface area contributed by atoms with E-state index in [0.29, 0.717) is 5.95 Å². The normalized spacial score (nSPS) is 11.3. The van der Waals surface area contributed by atoms with Gasteiger partial charge in [0.1, 0.15) is 0 Å². The Morgan fingerprint density at radius 2 is 2.09 bits per heavy atom. The summed E-state index contributed by atoms with van der Waals surface area (Å²) in [5.41, 5.74) is 4.55. The minimum atomic E-state index is -0.0969. The molecule has 0 unspecified atom stereocenters. The fourth-order valence-corrected chi connectivity index (χ4v) is 3.10. The second-order valence-corrected chi connectivity index (χ2v) is 6.55. The molecular weight excluding hydrogens is 296 g/mol. The molecule has 3 aromatic rings. The minimum absolute atomic E-state index is 0.0775. The van der Waals surface area contributed by atoms with E-state index in [9.17, 15) is 4.79 Å².